The van der Waals surface area contributed by atoms with Gasteiger partial charge in [-0.3, -0.25) is 9.59 Å². The van der Waals surface area contributed by atoms with Gasteiger partial charge in [-0.25, -0.2) is 4.79 Å². The average molecular weight is 467 g/mol. The fourth-order valence-corrected chi connectivity index (χ4v) is 4.80. The zero-order valence-electron chi connectivity index (χ0n) is 19.4. The maximum atomic E-state index is 12.9. The summed E-state index contributed by atoms with van der Waals surface area (Å²) < 4.78 is 11.2. The summed E-state index contributed by atoms with van der Waals surface area (Å²) in [6, 6.07) is 16.0. The predicted molar refractivity (Wildman–Crippen MR) is 125 cm³/mol. The van der Waals surface area contributed by atoms with Gasteiger partial charge in [0, 0.05) is 31.0 Å². The van der Waals surface area contributed by atoms with Gasteiger partial charge in [-0.2, -0.15) is 0 Å². The van der Waals surface area contributed by atoms with Crippen molar-refractivity contribution in [3.8, 4) is 11.1 Å². The van der Waals surface area contributed by atoms with Crippen LogP contribution in [0.1, 0.15) is 37.3 Å². The lowest BCUT2D eigenvalue weighted by Gasteiger charge is -2.29. The monoisotopic (exact) mass is 466 g/mol. The van der Waals surface area contributed by atoms with E-state index in [9.17, 15) is 14.4 Å². The first-order valence-electron chi connectivity index (χ1n) is 11.6. The number of aliphatic carboxylic acids is 1. The van der Waals surface area contributed by atoms with Gasteiger partial charge >= 0.3 is 12.1 Å². The van der Waals surface area contributed by atoms with Gasteiger partial charge in [0.25, 0.3) is 5.91 Å². The number of ether oxygens (including phenoxy) is 2. The molecule has 2 aromatic rings. The molecule has 0 radical (unpaired) electrons. The Labute approximate surface area is 198 Å². The van der Waals surface area contributed by atoms with Gasteiger partial charge < -0.3 is 24.8 Å². The number of nitrogens with one attached hydrogen (secondary N) is 1. The van der Waals surface area contributed by atoms with Crippen molar-refractivity contribution < 1.29 is 29.0 Å². The first kappa shape index (κ1) is 23.8. The number of hydrogen-bond acceptors (Lipinski definition) is 5. The van der Waals surface area contributed by atoms with Crippen molar-refractivity contribution in [2.24, 2.45) is 5.92 Å². The van der Waals surface area contributed by atoms with Crippen molar-refractivity contribution in [1.82, 2.24) is 10.2 Å². The summed E-state index contributed by atoms with van der Waals surface area (Å²) in [6.07, 6.45) is -0.735. The molecule has 8 heteroatoms. The second-order valence-corrected chi connectivity index (χ2v) is 9.00. The number of alkyl carbamates (subject to hydrolysis) is 1. The van der Waals surface area contributed by atoms with E-state index in [1.807, 2.05) is 24.3 Å². The molecule has 2 aromatic carbocycles. The topological polar surface area (TPSA) is 105 Å². The van der Waals surface area contributed by atoms with Crippen molar-refractivity contribution >= 4 is 18.0 Å². The van der Waals surface area contributed by atoms with E-state index in [2.05, 4.69) is 29.6 Å². The maximum Gasteiger partial charge on any atom is 0.407 e. The Morgan fingerprint density at radius 3 is 2.29 bits per heavy atom. The second kappa shape index (κ2) is 10.3. The molecule has 1 aliphatic carbocycles. The molecule has 2 amide bonds. The van der Waals surface area contributed by atoms with Gasteiger partial charge in [-0.1, -0.05) is 48.5 Å². The molecule has 0 aromatic heterocycles. The van der Waals surface area contributed by atoms with Gasteiger partial charge in [-0.05, 0) is 42.5 Å². The Morgan fingerprint density at radius 1 is 1.09 bits per heavy atom. The average Bonchev–Trinajstić information content (AvgIpc) is 3.42. The zero-order chi connectivity index (χ0) is 24.2. The van der Waals surface area contributed by atoms with E-state index >= 15 is 0 Å². The molecule has 1 heterocycles. The number of nitrogens with zero attached hydrogens (tertiary/aromatic N) is 1. The summed E-state index contributed by atoms with van der Waals surface area (Å²) >= 11 is 0. The first-order chi connectivity index (χ1) is 16.4. The Bertz CT molecular complexity index is 1020. The van der Waals surface area contributed by atoms with Crippen molar-refractivity contribution in [3.05, 3.63) is 59.7 Å². The third kappa shape index (κ3) is 4.92. The number of carboxylic acid groups (broad SMARTS) is 1. The lowest BCUT2D eigenvalue weighted by atomic mass is 9.98. The van der Waals surface area contributed by atoms with Gasteiger partial charge in [0.1, 0.15) is 19.3 Å². The standard InChI is InChI=1S/C26H30N2O6/c1-16(2)28(14-23(29)30)25(31)24-17(11-12-33-24)13-27-26(32)34-15-22-20-9-5-3-7-18(20)19-8-4-6-10-21(19)22/h3-10,16-17,22,24H,11-15H2,1-2H3,(H,27,32)(H,29,30)/t17-,24-/m1/s1. The molecule has 1 fully saturated rings. The predicted octanol–water partition coefficient (Wildman–Crippen LogP) is 3.25. The summed E-state index contributed by atoms with van der Waals surface area (Å²) in [6.45, 7) is 3.95. The van der Waals surface area contributed by atoms with Crippen LogP contribution in [-0.4, -0.2) is 66.4 Å². The van der Waals surface area contributed by atoms with Crippen molar-refractivity contribution in [3.63, 3.8) is 0 Å². The molecule has 8 nitrogen and oxygen atoms in total. The maximum absolute atomic E-state index is 12.9. The lowest BCUT2D eigenvalue weighted by Crippen LogP contribution is -2.49. The van der Waals surface area contributed by atoms with Crippen LogP contribution in [0.5, 0.6) is 0 Å². The van der Waals surface area contributed by atoms with E-state index in [1.165, 1.54) is 4.90 Å². The molecule has 0 bridgehead atoms. The van der Waals surface area contributed by atoms with E-state index < -0.39 is 18.2 Å². The van der Waals surface area contributed by atoms with Crippen molar-refractivity contribution in [2.75, 3.05) is 26.3 Å². The quantitative estimate of drug-likeness (QED) is 0.619. The number of benzene rings is 2. The number of fused-ring (bicyclic) bond motifs is 3. The summed E-state index contributed by atoms with van der Waals surface area (Å²) in [5.74, 6) is -1.72. The van der Waals surface area contributed by atoms with Gasteiger partial charge in [0.05, 0.1) is 0 Å². The van der Waals surface area contributed by atoms with Crippen LogP contribution >= 0.6 is 0 Å². The fourth-order valence-electron chi connectivity index (χ4n) is 4.80. The molecular weight excluding hydrogens is 436 g/mol. The van der Waals surface area contributed by atoms with Gasteiger partial charge in [-0.15, -0.1) is 0 Å². The molecule has 2 aliphatic rings. The summed E-state index contributed by atoms with van der Waals surface area (Å²) in [5.41, 5.74) is 4.59. The smallest absolute Gasteiger partial charge is 0.407 e. The summed E-state index contributed by atoms with van der Waals surface area (Å²) in [7, 11) is 0. The Kier molecular flexibility index (Phi) is 7.17. The SMILES string of the molecule is CC(C)N(CC(=O)O)C(=O)[C@@H]1OCC[C@@H]1CNC(=O)OCC1c2ccccc2-c2ccccc21. The Balaban J connectivity index is 1.34. The summed E-state index contributed by atoms with van der Waals surface area (Å²) in [5, 5.41) is 11.9. The fraction of sp³-hybridized carbons (Fsp3) is 0.423. The van der Waals surface area contributed by atoms with E-state index in [0.29, 0.717) is 13.0 Å². The third-order valence-corrected chi connectivity index (χ3v) is 6.52. The Morgan fingerprint density at radius 2 is 1.71 bits per heavy atom. The highest BCUT2D eigenvalue weighted by Crippen LogP contribution is 2.44. The highest BCUT2D eigenvalue weighted by atomic mass is 16.5. The third-order valence-electron chi connectivity index (χ3n) is 6.52. The molecule has 4 rings (SSSR count). The molecule has 180 valence electrons. The van der Waals surface area contributed by atoms with Crippen LogP contribution in [0.15, 0.2) is 48.5 Å². The molecule has 2 N–H and O–H groups in total. The Hall–Kier alpha value is -3.39. The van der Waals surface area contributed by atoms with E-state index in [4.69, 9.17) is 14.6 Å². The molecular formula is C26H30N2O6. The number of carbonyl (C=O) groups is 3. The van der Waals surface area contributed by atoms with Crippen molar-refractivity contribution in [1.29, 1.82) is 0 Å². The summed E-state index contributed by atoms with van der Waals surface area (Å²) in [4.78, 5) is 37.8. The molecule has 1 saturated heterocycles. The van der Waals surface area contributed by atoms with Crippen LogP contribution in [0, 0.1) is 5.92 Å². The zero-order valence-corrected chi connectivity index (χ0v) is 19.4. The number of hydrogen-bond donors (Lipinski definition) is 2. The van der Waals surface area contributed by atoms with E-state index in [0.717, 1.165) is 22.3 Å². The highest BCUT2D eigenvalue weighted by Gasteiger charge is 2.38. The molecule has 1 aliphatic heterocycles. The number of carboxylic acids is 1. The van der Waals surface area contributed by atoms with Crippen LogP contribution in [-0.2, 0) is 19.1 Å². The van der Waals surface area contributed by atoms with Crippen LogP contribution < -0.4 is 5.32 Å². The van der Waals surface area contributed by atoms with Crippen LogP contribution in [0.25, 0.3) is 11.1 Å². The minimum absolute atomic E-state index is 0.0297. The minimum atomic E-state index is -1.08. The molecule has 0 saturated carbocycles. The van der Waals surface area contributed by atoms with E-state index in [-0.39, 0.29) is 43.5 Å². The van der Waals surface area contributed by atoms with Gasteiger partial charge in [0.15, 0.2) is 0 Å². The lowest BCUT2D eigenvalue weighted by molar-refractivity contribution is -0.151. The van der Waals surface area contributed by atoms with Crippen LogP contribution in [0.2, 0.25) is 0 Å². The van der Waals surface area contributed by atoms with Crippen molar-refractivity contribution in [2.45, 2.75) is 38.3 Å². The minimum Gasteiger partial charge on any atom is -0.480 e. The normalized spacial score (nSPS) is 18.9. The molecule has 34 heavy (non-hydrogen) atoms. The number of amides is 2. The second-order valence-electron chi connectivity index (χ2n) is 9.00. The number of carbonyl (C=O) groups excluding carboxylic acids is 2. The molecule has 2 atom stereocenters. The van der Waals surface area contributed by atoms with E-state index in [1.54, 1.807) is 13.8 Å². The number of rotatable bonds is 8. The highest BCUT2D eigenvalue weighted by molar-refractivity contribution is 5.85. The first-order valence-corrected chi connectivity index (χ1v) is 11.6. The molecule has 0 spiro atoms. The molecule has 0 unspecified atom stereocenters. The van der Waals surface area contributed by atoms with Crippen LogP contribution in [0.3, 0.4) is 0 Å². The van der Waals surface area contributed by atoms with Gasteiger partial charge in [0.2, 0.25) is 0 Å². The van der Waals surface area contributed by atoms with Crippen LogP contribution in [0.4, 0.5) is 4.79 Å². The largest absolute Gasteiger partial charge is 0.480 e.